The van der Waals surface area contributed by atoms with Crippen molar-refractivity contribution in [2.45, 2.75) is 32.4 Å². The normalized spacial score (nSPS) is 13.5. The molecule has 2 amide bonds. The standard InChI is InChI=1S/C15H19N3O2S/c1-10-5-3-7-14(16-10)18-15(20)17-11(2)9-12(19)13-6-4-8-21-13/h3-8,11-12,19H,9H2,1-2H3,(H2,16,17,18,20)/t11-,12+/m0/s1. The number of hydrogen-bond donors (Lipinski definition) is 3. The van der Waals surface area contributed by atoms with E-state index in [1.807, 2.05) is 43.5 Å². The first kappa shape index (κ1) is 15.5. The van der Waals surface area contributed by atoms with Gasteiger partial charge in [-0.05, 0) is 43.8 Å². The highest BCUT2D eigenvalue weighted by atomic mass is 32.1. The molecule has 0 spiro atoms. The summed E-state index contributed by atoms with van der Waals surface area (Å²) in [6.45, 7) is 3.73. The minimum Gasteiger partial charge on any atom is -0.387 e. The number of aryl methyl sites for hydroxylation is 1. The summed E-state index contributed by atoms with van der Waals surface area (Å²) >= 11 is 1.51. The topological polar surface area (TPSA) is 74.2 Å². The molecule has 2 aromatic heterocycles. The van der Waals surface area contributed by atoms with Gasteiger partial charge in [-0.3, -0.25) is 5.32 Å². The summed E-state index contributed by atoms with van der Waals surface area (Å²) < 4.78 is 0. The summed E-state index contributed by atoms with van der Waals surface area (Å²) in [6, 6.07) is 8.75. The van der Waals surface area contributed by atoms with Gasteiger partial charge in [0.1, 0.15) is 5.82 Å². The molecule has 0 bridgehead atoms. The number of aliphatic hydroxyl groups excluding tert-OH is 1. The Morgan fingerprint density at radius 3 is 2.86 bits per heavy atom. The van der Waals surface area contributed by atoms with Crippen molar-refractivity contribution in [1.29, 1.82) is 0 Å². The van der Waals surface area contributed by atoms with Gasteiger partial charge in [-0.15, -0.1) is 11.3 Å². The van der Waals surface area contributed by atoms with Gasteiger partial charge in [-0.2, -0.15) is 0 Å². The number of hydrogen-bond acceptors (Lipinski definition) is 4. The minimum absolute atomic E-state index is 0.146. The maximum atomic E-state index is 11.9. The molecule has 2 heterocycles. The zero-order valence-electron chi connectivity index (χ0n) is 12.0. The Labute approximate surface area is 128 Å². The summed E-state index contributed by atoms with van der Waals surface area (Å²) in [5.74, 6) is 0.513. The van der Waals surface area contributed by atoms with Crippen LogP contribution in [0.1, 0.15) is 30.0 Å². The largest absolute Gasteiger partial charge is 0.387 e. The molecule has 0 aliphatic heterocycles. The van der Waals surface area contributed by atoms with E-state index in [1.165, 1.54) is 11.3 Å². The summed E-state index contributed by atoms with van der Waals surface area (Å²) in [5, 5.41) is 17.4. The van der Waals surface area contributed by atoms with Gasteiger partial charge in [0.15, 0.2) is 0 Å². The third-order valence-corrected chi connectivity index (χ3v) is 3.93. The lowest BCUT2D eigenvalue weighted by molar-refractivity contribution is 0.158. The first-order chi connectivity index (χ1) is 10.0. The van der Waals surface area contributed by atoms with Crippen LogP contribution in [0.25, 0.3) is 0 Å². The highest BCUT2D eigenvalue weighted by Gasteiger charge is 2.15. The van der Waals surface area contributed by atoms with Gasteiger partial charge in [0.25, 0.3) is 0 Å². The third-order valence-electron chi connectivity index (χ3n) is 2.96. The van der Waals surface area contributed by atoms with Crippen molar-refractivity contribution in [3.05, 3.63) is 46.3 Å². The number of anilines is 1. The number of pyridine rings is 1. The highest BCUT2D eigenvalue weighted by molar-refractivity contribution is 7.10. The van der Waals surface area contributed by atoms with Crippen molar-refractivity contribution in [2.24, 2.45) is 0 Å². The van der Waals surface area contributed by atoms with E-state index in [0.29, 0.717) is 12.2 Å². The predicted molar refractivity (Wildman–Crippen MR) is 84.5 cm³/mol. The van der Waals surface area contributed by atoms with Crippen molar-refractivity contribution >= 4 is 23.2 Å². The zero-order chi connectivity index (χ0) is 15.2. The van der Waals surface area contributed by atoms with Crippen LogP contribution in [0.15, 0.2) is 35.7 Å². The van der Waals surface area contributed by atoms with Gasteiger partial charge >= 0.3 is 6.03 Å². The van der Waals surface area contributed by atoms with Crippen molar-refractivity contribution in [3.63, 3.8) is 0 Å². The molecule has 5 nitrogen and oxygen atoms in total. The number of amides is 2. The maximum absolute atomic E-state index is 11.9. The van der Waals surface area contributed by atoms with Gasteiger partial charge in [0.05, 0.1) is 6.10 Å². The number of urea groups is 1. The van der Waals surface area contributed by atoms with Crippen molar-refractivity contribution in [1.82, 2.24) is 10.3 Å². The number of thiophene rings is 1. The molecule has 2 aromatic rings. The minimum atomic E-state index is -0.558. The molecule has 21 heavy (non-hydrogen) atoms. The Hall–Kier alpha value is -1.92. The van der Waals surface area contributed by atoms with Crippen LogP contribution < -0.4 is 10.6 Å². The van der Waals surface area contributed by atoms with Crippen LogP contribution in [0.3, 0.4) is 0 Å². The molecule has 0 saturated carbocycles. The second-order valence-corrected chi connectivity index (χ2v) is 5.91. The number of carbonyl (C=O) groups excluding carboxylic acids is 1. The highest BCUT2D eigenvalue weighted by Crippen LogP contribution is 2.22. The van der Waals surface area contributed by atoms with Crippen LogP contribution in [0.5, 0.6) is 0 Å². The van der Waals surface area contributed by atoms with E-state index < -0.39 is 6.10 Å². The quantitative estimate of drug-likeness (QED) is 0.794. The molecule has 0 saturated heterocycles. The molecule has 112 valence electrons. The summed E-state index contributed by atoms with van der Waals surface area (Å²) in [4.78, 5) is 17.0. The Balaban J connectivity index is 1.82. The van der Waals surface area contributed by atoms with Crippen LogP contribution in [0, 0.1) is 6.92 Å². The first-order valence-corrected chi connectivity index (χ1v) is 7.65. The van der Waals surface area contributed by atoms with Crippen molar-refractivity contribution < 1.29 is 9.90 Å². The number of aliphatic hydroxyl groups is 1. The molecule has 2 rings (SSSR count). The van der Waals surface area contributed by atoms with Crippen molar-refractivity contribution in [2.75, 3.05) is 5.32 Å². The molecule has 0 aromatic carbocycles. The second kappa shape index (κ2) is 7.19. The average Bonchev–Trinajstić information content (AvgIpc) is 2.91. The molecule has 0 aliphatic rings. The van der Waals surface area contributed by atoms with Crippen LogP contribution in [0.2, 0.25) is 0 Å². The molecule has 0 unspecified atom stereocenters. The van der Waals surface area contributed by atoms with Crippen LogP contribution in [-0.4, -0.2) is 22.2 Å². The average molecular weight is 305 g/mol. The third kappa shape index (κ3) is 4.84. The van der Waals surface area contributed by atoms with E-state index in [-0.39, 0.29) is 12.1 Å². The van der Waals surface area contributed by atoms with Crippen LogP contribution >= 0.6 is 11.3 Å². The van der Waals surface area contributed by atoms with Crippen LogP contribution in [0.4, 0.5) is 10.6 Å². The Kier molecular flexibility index (Phi) is 5.30. The Morgan fingerprint density at radius 1 is 1.38 bits per heavy atom. The van der Waals surface area contributed by atoms with Gasteiger partial charge in [0.2, 0.25) is 0 Å². The molecule has 2 atom stereocenters. The molecule has 0 aliphatic carbocycles. The molecular formula is C15H19N3O2S. The summed E-state index contributed by atoms with van der Waals surface area (Å²) in [6.07, 6.45) is -0.0905. The lowest BCUT2D eigenvalue weighted by Gasteiger charge is -2.17. The first-order valence-electron chi connectivity index (χ1n) is 6.77. The second-order valence-electron chi connectivity index (χ2n) is 4.93. The molecule has 0 fully saturated rings. The molecular weight excluding hydrogens is 286 g/mol. The van der Waals surface area contributed by atoms with Gasteiger partial charge in [-0.1, -0.05) is 12.1 Å². The van der Waals surface area contributed by atoms with Crippen molar-refractivity contribution in [3.8, 4) is 0 Å². The monoisotopic (exact) mass is 305 g/mol. The van der Waals surface area contributed by atoms with Crippen LogP contribution in [-0.2, 0) is 0 Å². The van der Waals surface area contributed by atoms with Gasteiger partial charge in [0, 0.05) is 16.6 Å². The number of nitrogens with one attached hydrogen (secondary N) is 2. The Bertz CT molecular complexity index is 586. The van der Waals surface area contributed by atoms with E-state index in [9.17, 15) is 9.90 Å². The van der Waals surface area contributed by atoms with Gasteiger partial charge < -0.3 is 10.4 Å². The van der Waals surface area contributed by atoms with E-state index in [2.05, 4.69) is 15.6 Å². The molecule has 6 heteroatoms. The van der Waals surface area contributed by atoms with Gasteiger partial charge in [-0.25, -0.2) is 9.78 Å². The summed E-state index contributed by atoms with van der Waals surface area (Å²) in [7, 11) is 0. The number of carbonyl (C=O) groups is 1. The van der Waals surface area contributed by atoms with E-state index in [1.54, 1.807) is 6.07 Å². The predicted octanol–water partition coefficient (Wildman–Crippen LogP) is 3.09. The lowest BCUT2D eigenvalue weighted by atomic mass is 10.1. The fraction of sp³-hybridized carbons (Fsp3) is 0.333. The molecule has 3 N–H and O–H groups in total. The van der Waals surface area contributed by atoms with E-state index in [4.69, 9.17) is 0 Å². The molecule has 0 radical (unpaired) electrons. The number of aromatic nitrogens is 1. The fourth-order valence-corrected chi connectivity index (χ4v) is 2.70. The number of rotatable bonds is 5. The Morgan fingerprint density at radius 2 is 2.19 bits per heavy atom. The fourth-order valence-electron chi connectivity index (χ4n) is 1.98. The summed E-state index contributed by atoms with van der Waals surface area (Å²) in [5.41, 5.74) is 0.842. The zero-order valence-corrected chi connectivity index (χ0v) is 12.9. The lowest BCUT2D eigenvalue weighted by Crippen LogP contribution is -2.37. The number of nitrogens with zero attached hydrogens (tertiary/aromatic N) is 1. The maximum Gasteiger partial charge on any atom is 0.320 e. The van der Waals surface area contributed by atoms with E-state index in [0.717, 1.165) is 10.6 Å². The smallest absolute Gasteiger partial charge is 0.320 e. The van der Waals surface area contributed by atoms with E-state index >= 15 is 0 Å². The SMILES string of the molecule is Cc1cccc(NC(=O)N[C@@H](C)C[C@@H](O)c2cccs2)n1.